The van der Waals surface area contributed by atoms with Gasteiger partial charge >= 0.3 is 11.9 Å². The molecule has 1 aliphatic carbocycles. The number of rotatable bonds is 4. The van der Waals surface area contributed by atoms with Crippen LogP contribution in [0, 0.1) is 23.7 Å². The number of carbonyl (C=O) groups excluding carboxylic acids is 2. The van der Waals surface area contributed by atoms with E-state index in [-0.39, 0.29) is 5.92 Å². The van der Waals surface area contributed by atoms with E-state index in [1.807, 2.05) is 42.5 Å². The highest BCUT2D eigenvalue weighted by Gasteiger charge is 2.32. The Morgan fingerprint density at radius 3 is 2.29 bits per heavy atom. The average Bonchev–Trinajstić information content (AvgIpc) is 2.75. The lowest BCUT2D eigenvalue weighted by atomic mass is 9.80. The molecule has 1 atom stereocenters. The highest BCUT2D eigenvalue weighted by molar-refractivity contribution is 5.95. The van der Waals surface area contributed by atoms with Crippen molar-refractivity contribution in [2.75, 3.05) is 14.2 Å². The fraction of sp³-hybridized carbons (Fsp3) is 0.250. The Morgan fingerprint density at radius 2 is 1.61 bits per heavy atom. The number of carbonyl (C=O) groups is 2. The molecule has 0 radical (unpaired) electrons. The lowest BCUT2D eigenvalue weighted by molar-refractivity contribution is -0.159. The van der Waals surface area contributed by atoms with Crippen LogP contribution in [-0.2, 0) is 25.5 Å². The third-order valence-electron chi connectivity index (χ3n) is 4.82. The van der Waals surface area contributed by atoms with Gasteiger partial charge in [0.15, 0.2) is 5.92 Å². The maximum atomic E-state index is 12.1. The molecule has 0 bridgehead atoms. The average molecular weight is 374 g/mol. The summed E-state index contributed by atoms with van der Waals surface area (Å²) in [6.45, 7) is 0. The Labute approximate surface area is 165 Å². The Kier molecular flexibility index (Phi) is 6.29. The largest absolute Gasteiger partial charge is 0.468 e. The van der Waals surface area contributed by atoms with Gasteiger partial charge in [-0.1, -0.05) is 60.4 Å². The number of hydrogen-bond acceptors (Lipinski definition) is 4. The zero-order chi connectivity index (χ0) is 19.9. The molecule has 2 aromatic rings. The number of ether oxygens (including phenoxy) is 2. The lowest BCUT2D eigenvalue weighted by Crippen LogP contribution is -2.29. The van der Waals surface area contributed by atoms with Gasteiger partial charge in [0, 0.05) is 11.1 Å². The van der Waals surface area contributed by atoms with Crippen molar-refractivity contribution in [2.45, 2.75) is 12.8 Å². The minimum atomic E-state index is -0.940. The van der Waals surface area contributed by atoms with Crippen molar-refractivity contribution in [2.24, 2.45) is 11.8 Å². The lowest BCUT2D eigenvalue weighted by Gasteiger charge is -2.24. The van der Waals surface area contributed by atoms with Crippen LogP contribution in [-0.4, -0.2) is 26.2 Å². The first kappa shape index (κ1) is 19.4. The van der Waals surface area contributed by atoms with Crippen molar-refractivity contribution in [1.29, 1.82) is 0 Å². The van der Waals surface area contributed by atoms with Gasteiger partial charge in [-0.2, -0.15) is 0 Å². The molecule has 0 saturated heterocycles. The van der Waals surface area contributed by atoms with Gasteiger partial charge in [0.05, 0.1) is 14.2 Å². The van der Waals surface area contributed by atoms with Gasteiger partial charge in [0.1, 0.15) is 0 Å². The van der Waals surface area contributed by atoms with E-state index in [0.29, 0.717) is 6.42 Å². The van der Waals surface area contributed by atoms with Gasteiger partial charge in [0.2, 0.25) is 0 Å². The van der Waals surface area contributed by atoms with Crippen LogP contribution in [0.25, 0.3) is 5.57 Å². The number of methoxy groups -OCH3 is 2. The van der Waals surface area contributed by atoms with Crippen molar-refractivity contribution >= 4 is 17.5 Å². The SMILES string of the molecule is COC(=O)C(CC1C=C(C#Cc2ccccc2)c2ccccc2C1)C(=O)OC. The third kappa shape index (κ3) is 4.50. The van der Waals surface area contributed by atoms with Crippen LogP contribution in [0.5, 0.6) is 0 Å². The smallest absolute Gasteiger partial charge is 0.320 e. The number of fused-ring (bicyclic) bond motifs is 1. The Bertz CT molecular complexity index is 931. The summed E-state index contributed by atoms with van der Waals surface area (Å²) in [5.74, 6) is 4.36. The van der Waals surface area contributed by atoms with Crippen molar-refractivity contribution in [1.82, 2.24) is 0 Å². The standard InChI is InChI=1S/C24H22O4/c1-27-23(25)22(24(26)28-2)16-18-14-19-10-6-7-11-21(19)20(15-18)13-12-17-8-4-3-5-9-17/h3-11,15,18,22H,14,16H2,1-2H3. The summed E-state index contributed by atoms with van der Waals surface area (Å²) in [4.78, 5) is 24.1. The predicted octanol–water partition coefficient (Wildman–Crippen LogP) is 3.65. The molecule has 1 unspecified atom stereocenters. The van der Waals surface area contributed by atoms with Crippen molar-refractivity contribution < 1.29 is 19.1 Å². The first-order valence-corrected chi connectivity index (χ1v) is 9.15. The fourth-order valence-corrected chi connectivity index (χ4v) is 3.43. The molecule has 0 heterocycles. The second-order valence-corrected chi connectivity index (χ2v) is 6.65. The molecular formula is C24H22O4. The van der Waals surface area contributed by atoms with Crippen LogP contribution in [0.15, 0.2) is 60.7 Å². The summed E-state index contributed by atoms with van der Waals surface area (Å²) < 4.78 is 9.58. The Balaban J connectivity index is 1.92. The summed E-state index contributed by atoms with van der Waals surface area (Å²) in [6, 6.07) is 17.9. The molecule has 0 amide bonds. The molecule has 142 valence electrons. The number of hydrogen-bond donors (Lipinski definition) is 0. The minimum absolute atomic E-state index is 0.0156. The normalized spacial score (nSPS) is 15.0. The van der Waals surface area contributed by atoms with Gasteiger partial charge in [-0.15, -0.1) is 0 Å². The molecule has 4 heteroatoms. The first-order valence-electron chi connectivity index (χ1n) is 9.15. The topological polar surface area (TPSA) is 52.6 Å². The fourth-order valence-electron chi connectivity index (χ4n) is 3.43. The van der Waals surface area contributed by atoms with E-state index >= 15 is 0 Å². The van der Waals surface area contributed by atoms with Crippen molar-refractivity contribution in [3.63, 3.8) is 0 Å². The van der Waals surface area contributed by atoms with E-state index in [9.17, 15) is 9.59 Å². The molecular weight excluding hydrogens is 352 g/mol. The highest BCUT2D eigenvalue weighted by Crippen LogP contribution is 2.32. The Hall–Kier alpha value is -3.32. The molecule has 0 N–H and O–H groups in total. The van der Waals surface area contributed by atoms with E-state index in [0.717, 1.165) is 28.7 Å². The molecule has 2 aromatic carbocycles. The Morgan fingerprint density at radius 1 is 0.964 bits per heavy atom. The summed E-state index contributed by atoms with van der Waals surface area (Å²) in [5.41, 5.74) is 4.09. The van der Waals surface area contributed by atoms with Crippen LogP contribution in [0.1, 0.15) is 23.1 Å². The quantitative estimate of drug-likeness (QED) is 0.466. The maximum Gasteiger partial charge on any atom is 0.320 e. The van der Waals surface area contributed by atoms with Gasteiger partial charge < -0.3 is 9.47 Å². The third-order valence-corrected chi connectivity index (χ3v) is 4.82. The van der Waals surface area contributed by atoms with Crippen LogP contribution >= 0.6 is 0 Å². The summed E-state index contributed by atoms with van der Waals surface area (Å²) in [7, 11) is 2.56. The molecule has 0 spiro atoms. The summed E-state index contributed by atoms with van der Waals surface area (Å²) in [6.07, 6.45) is 3.11. The molecule has 0 fully saturated rings. The van der Waals surface area contributed by atoms with E-state index < -0.39 is 17.9 Å². The number of esters is 2. The summed E-state index contributed by atoms with van der Waals surface area (Å²) in [5, 5.41) is 0. The van der Waals surface area contributed by atoms with Crippen LogP contribution < -0.4 is 0 Å². The van der Waals surface area contributed by atoms with E-state index in [1.54, 1.807) is 0 Å². The monoisotopic (exact) mass is 374 g/mol. The van der Waals surface area contributed by atoms with Crippen LogP contribution in [0.4, 0.5) is 0 Å². The zero-order valence-corrected chi connectivity index (χ0v) is 16.0. The first-order chi connectivity index (χ1) is 13.6. The van der Waals surface area contributed by atoms with Gasteiger partial charge in [-0.3, -0.25) is 9.59 Å². The minimum Gasteiger partial charge on any atom is -0.468 e. The number of benzene rings is 2. The highest BCUT2D eigenvalue weighted by atomic mass is 16.5. The van der Waals surface area contributed by atoms with Crippen LogP contribution in [0.3, 0.4) is 0 Å². The molecule has 0 aromatic heterocycles. The summed E-state index contributed by atoms with van der Waals surface area (Å²) >= 11 is 0. The predicted molar refractivity (Wildman–Crippen MR) is 107 cm³/mol. The van der Waals surface area contributed by atoms with Gasteiger partial charge in [-0.25, -0.2) is 0 Å². The molecule has 28 heavy (non-hydrogen) atoms. The molecule has 3 rings (SSSR count). The number of allylic oxidation sites excluding steroid dienone is 2. The maximum absolute atomic E-state index is 12.1. The van der Waals surface area contributed by atoms with E-state index in [4.69, 9.17) is 9.47 Å². The van der Waals surface area contributed by atoms with Crippen molar-refractivity contribution in [3.8, 4) is 11.8 Å². The second kappa shape index (κ2) is 9.05. The van der Waals surface area contributed by atoms with Crippen LogP contribution in [0.2, 0.25) is 0 Å². The molecule has 4 nitrogen and oxygen atoms in total. The van der Waals surface area contributed by atoms with Crippen molar-refractivity contribution in [3.05, 3.63) is 77.4 Å². The van der Waals surface area contributed by atoms with E-state index in [2.05, 4.69) is 30.0 Å². The van der Waals surface area contributed by atoms with Gasteiger partial charge in [-0.05, 0) is 42.0 Å². The zero-order valence-electron chi connectivity index (χ0n) is 16.0. The molecule has 0 aliphatic heterocycles. The molecule has 0 saturated carbocycles. The van der Waals surface area contributed by atoms with E-state index in [1.165, 1.54) is 14.2 Å². The second-order valence-electron chi connectivity index (χ2n) is 6.65. The molecule has 1 aliphatic rings. The van der Waals surface area contributed by atoms with Gasteiger partial charge in [0.25, 0.3) is 0 Å².